The Labute approximate surface area is 173 Å². The number of unbranched alkanes of at least 4 members (excludes halogenated alkanes) is 10. The van der Waals surface area contributed by atoms with E-state index in [0.717, 1.165) is 32.1 Å². The first kappa shape index (κ1) is 26.9. The second kappa shape index (κ2) is 16.9. The van der Waals surface area contributed by atoms with Gasteiger partial charge in [-0.3, -0.25) is 9.59 Å². The van der Waals surface area contributed by atoms with Gasteiger partial charge >= 0.3 is 11.9 Å². The lowest BCUT2D eigenvalue weighted by molar-refractivity contribution is -0.167. The maximum absolute atomic E-state index is 11.8. The van der Waals surface area contributed by atoms with E-state index >= 15 is 0 Å². The summed E-state index contributed by atoms with van der Waals surface area (Å²) < 4.78 is 0. The molecule has 0 fully saturated rings. The van der Waals surface area contributed by atoms with Crippen molar-refractivity contribution in [1.29, 1.82) is 0 Å². The molecule has 0 bridgehead atoms. The quantitative estimate of drug-likeness (QED) is 0.165. The predicted molar refractivity (Wildman–Crippen MR) is 117 cm³/mol. The third-order valence-electron chi connectivity index (χ3n) is 6.06. The van der Waals surface area contributed by atoms with Crippen LogP contribution in [0.2, 0.25) is 0 Å². The van der Waals surface area contributed by atoms with Gasteiger partial charge in [0.1, 0.15) is 0 Å². The Balaban J connectivity index is 4.39. The number of rotatable bonds is 20. The Kier molecular flexibility index (Phi) is 16.2. The van der Waals surface area contributed by atoms with Gasteiger partial charge in [-0.05, 0) is 18.8 Å². The fourth-order valence-electron chi connectivity index (χ4n) is 4.26. The van der Waals surface area contributed by atoms with E-state index in [4.69, 9.17) is 0 Å². The average Bonchev–Trinajstić information content (AvgIpc) is 2.66. The topological polar surface area (TPSA) is 74.6 Å². The third kappa shape index (κ3) is 11.1. The smallest absolute Gasteiger partial charge is 0.321 e. The largest absolute Gasteiger partial charge is 0.480 e. The van der Waals surface area contributed by atoms with E-state index in [9.17, 15) is 19.8 Å². The molecule has 0 aliphatic carbocycles. The Morgan fingerprint density at radius 3 is 1.50 bits per heavy atom. The molecule has 0 rings (SSSR count). The van der Waals surface area contributed by atoms with Crippen molar-refractivity contribution in [3.8, 4) is 0 Å². The molecule has 0 aliphatic heterocycles. The standard InChI is InChI=1S/C24H46O4/c1-4-7-9-10-11-12-13-14-15-16-18-21(17-8-5-2)20-24(19-6-3,22(25)26)23(27)28/h21H,4-20H2,1-3H3,(H,25,26)(H,27,28). The Bertz CT molecular complexity index is 391. The SMILES string of the molecule is CCCCCCCCCCCCC(CCCC)CC(CCC)(C(=O)O)C(=O)O. The molecule has 0 heterocycles. The van der Waals surface area contributed by atoms with Gasteiger partial charge in [0.15, 0.2) is 5.41 Å². The minimum atomic E-state index is -1.61. The van der Waals surface area contributed by atoms with Crippen molar-refractivity contribution in [2.75, 3.05) is 0 Å². The molecule has 1 unspecified atom stereocenters. The third-order valence-corrected chi connectivity index (χ3v) is 6.06. The number of hydrogen-bond acceptors (Lipinski definition) is 2. The van der Waals surface area contributed by atoms with Crippen LogP contribution < -0.4 is 0 Å². The molecule has 28 heavy (non-hydrogen) atoms. The number of carboxylic acid groups (broad SMARTS) is 2. The fraction of sp³-hybridized carbons (Fsp3) is 0.917. The van der Waals surface area contributed by atoms with Crippen LogP contribution in [0.15, 0.2) is 0 Å². The molecule has 4 nitrogen and oxygen atoms in total. The van der Waals surface area contributed by atoms with Gasteiger partial charge in [-0.2, -0.15) is 0 Å². The molecule has 0 saturated carbocycles. The minimum absolute atomic E-state index is 0.202. The summed E-state index contributed by atoms with van der Waals surface area (Å²) in [5.41, 5.74) is -1.61. The molecule has 0 saturated heterocycles. The van der Waals surface area contributed by atoms with Crippen LogP contribution in [0.25, 0.3) is 0 Å². The second-order valence-electron chi connectivity index (χ2n) is 8.63. The molecule has 0 aromatic heterocycles. The van der Waals surface area contributed by atoms with Crippen molar-refractivity contribution >= 4 is 11.9 Å². The van der Waals surface area contributed by atoms with E-state index in [1.165, 1.54) is 57.8 Å². The summed E-state index contributed by atoms with van der Waals surface area (Å²) in [5.74, 6) is -2.12. The second-order valence-corrected chi connectivity index (χ2v) is 8.63. The summed E-state index contributed by atoms with van der Waals surface area (Å²) in [7, 11) is 0. The lowest BCUT2D eigenvalue weighted by Gasteiger charge is -2.29. The lowest BCUT2D eigenvalue weighted by atomic mass is 9.73. The Hall–Kier alpha value is -1.06. The van der Waals surface area contributed by atoms with Gasteiger partial charge in [0.2, 0.25) is 0 Å². The van der Waals surface area contributed by atoms with Crippen LogP contribution in [0.4, 0.5) is 0 Å². The van der Waals surface area contributed by atoms with Crippen molar-refractivity contribution in [3.63, 3.8) is 0 Å². The van der Waals surface area contributed by atoms with Crippen LogP contribution in [0.5, 0.6) is 0 Å². The molecule has 1 atom stereocenters. The molecule has 0 radical (unpaired) electrons. The highest BCUT2D eigenvalue weighted by molar-refractivity contribution is 5.98. The van der Waals surface area contributed by atoms with Gasteiger partial charge in [0, 0.05) is 0 Å². The predicted octanol–water partition coefficient (Wildman–Crippen LogP) is 7.45. The zero-order valence-corrected chi connectivity index (χ0v) is 18.8. The van der Waals surface area contributed by atoms with Crippen molar-refractivity contribution < 1.29 is 19.8 Å². The molecule has 0 amide bonds. The highest BCUT2D eigenvalue weighted by Gasteiger charge is 2.46. The summed E-state index contributed by atoms with van der Waals surface area (Å²) in [6, 6.07) is 0. The molecule has 0 aliphatic rings. The van der Waals surface area contributed by atoms with Crippen LogP contribution in [0, 0.1) is 11.3 Å². The molecule has 166 valence electrons. The maximum atomic E-state index is 11.8. The van der Waals surface area contributed by atoms with E-state index in [0.29, 0.717) is 6.42 Å². The Morgan fingerprint density at radius 2 is 1.07 bits per heavy atom. The number of carboxylic acids is 2. The van der Waals surface area contributed by atoms with Crippen LogP contribution in [0.3, 0.4) is 0 Å². The van der Waals surface area contributed by atoms with E-state index in [-0.39, 0.29) is 18.8 Å². The van der Waals surface area contributed by atoms with Gasteiger partial charge in [-0.15, -0.1) is 0 Å². The summed E-state index contributed by atoms with van der Waals surface area (Å²) in [6.45, 7) is 6.24. The zero-order chi connectivity index (χ0) is 21.3. The van der Waals surface area contributed by atoms with Gasteiger partial charge in [0.25, 0.3) is 0 Å². The zero-order valence-electron chi connectivity index (χ0n) is 18.8. The van der Waals surface area contributed by atoms with Crippen LogP contribution in [-0.4, -0.2) is 22.2 Å². The number of hydrogen-bond donors (Lipinski definition) is 2. The van der Waals surface area contributed by atoms with Crippen molar-refractivity contribution in [2.24, 2.45) is 11.3 Å². The number of carbonyl (C=O) groups is 2. The average molecular weight is 399 g/mol. The molecular weight excluding hydrogens is 352 g/mol. The van der Waals surface area contributed by atoms with Crippen molar-refractivity contribution in [2.45, 2.75) is 130 Å². The summed E-state index contributed by atoms with van der Waals surface area (Å²) >= 11 is 0. The minimum Gasteiger partial charge on any atom is -0.480 e. The van der Waals surface area contributed by atoms with E-state index in [1.807, 2.05) is 6.92 Å². The Morgan fingerprint density at radius 1 is 0.643 bits per heavy atom. The first-order valence-electron chi connectivity index (χ1n) is 11.9. The first-order chi connectivity index (χ1) is 13.4. The van der Waals surface area contributed by atoms with Gasteiger partial charge < -0.3 is 10.2 Å². The van der Waals surface area contributed by atoms with Crippen molar-refractivity contribution in [1.82, 2.24) is 0 Å². The lowest BCUT2D eigenvalue weighted by Crippen LogP contribution is -2.41. The molecule has 4 heteroatoms. The molecule has 2 N–H and O–H groups in total. The molecule has 0 aromatic carbocycles. The highest BCUT2D eigenvalue weighted by Crippen LogP contribution is 2.37. The van der Waals surface area contributed by atoms with Crippen molar-refractivity contribution in [3.05, 3.63) is 0 Å². The molecule has 0 aromatic rings. The van der Waals surface area contributed by atoms with Crippen LogP contribution >= 0.6 is 0 Å². The summed E-state index contributed by atoms with van der Waals surface area (Å²) in [5, 5.41) is 19.3. The number of aliphatic carboxylic acids is 2. The van der Waals surface area contributed by atoms with Gasteiger partial charge in [-0.25, -0.2) is 0 Å². The first-order valence-corrected chi connectivity index (χ1v) is 11.9. The van der Waals surface area contributed by atoms with Crippen LogP contribution in [-0.2, 0) is 9.59 Å². The van der Waals surface area contributed by atoms with Crippen LogP contribution in [0.1, 0.15) is 130 Å². The maximum Gasteiger partial charge on any atom is 0.321 e. The highest BCUT2D eigenvalue weighted by atomic mass is 16.4. The van der Waals surface area contributed by atoms with E-state index < -0.39 is 17.4 Å². The van der Waals surface area contributed by atoms with E-state index in [1.54, 1.807) is 0 Å². The summed E-state index contributed by atoms with van der Waals surface area (Å²) in [4.78, 5) is 23.6. The fourth-order valence-corrected chi connectivity index (χ4v) is 4.26. The van der Waals surface area contributed by atoms with E-state index in [2.05, 4.69) is 13.8 Å². The molecule has 0 spiro atoms. The van der Waals surface area contributed by atoms with Gasteiger partial charge in [0.05, 0.1) is 0 Å². The summed E-state index contributed by atoms with van der Waals surface area (Å²) in [6.07, 6.45) is 17.9. The normalized spacial score (nSPS) is 12.8. The molecular formula is C24H46O4. The monoisotopic (exact) mass is 398 g/mol. The van der Waals surface area contributed by atoms with Gasteiger partial charge in [-0.1, -0.05) is 117 Å².